The topological polar surface area (TPSA) is 86.3 Å². The quantitative estimate of drug-likeness (QED) is 0.243. The number of hydrogen-bond acceptors (Lipinski definition) is 6. The van der Waals surface area contributed by atoms with Crippen molar-refractivity contribution in [1.82, 2.24) is 0 Å². The highest BCUT2D eigenvalue weighted by molar-refractivity contribution is 6.50. The van der Waals surface area contributed by atoms with Crippen LogP contribution in [0, 0.1) is 11.7 Å². The van der Waals surface area contributed by atoms with Crippen LogP contribution in [0.3, 0.4) is 0 Å². The van der Waals surface area contributed by atoms with Crippen LogP contribution in [0.5, 0.6) is 5.75 Å². The first kappa shape index (κ1) is 23.3. The van der Waals surface area contributed by atoms with Crippen LogP contribution in [0.4, 0.5) is 4.39 Å². The van der Waals surface area contributed by atoms with Gasteiger partial charge in [-0.1, -0.05) is 29.4 Å². The maximum absolute atomic E-state index is 15.0. The van der Waals surface area contributed by atoms with Crippen LogP contribution in [0.2, 0.25) is 0 Å². The summed E-state index contributed by atoms with van der Waals surface area (Å²) in [6.45, 7) is 1.75. The number of allylic oxidation sites excluding steroid dienone is 1. The lowest BCUT2D eigenvalue weighted by atomic mass is 9.97. The van der Waals surface area contributed by atoms with Crippen LogP contribution >= 0.6 is 23.2 Å². The molecule has 1 fully saturated rings. The Balaban J connectivity index is 1.93. The largest absolute Gasteiger partial charge is 0.493 e. The van der Waals surface area contributed by atoms with E-state index < -0.39 is 10.2 Å². The highest BCUT2D eigenvalue weighted by Gasteiger charge is 2.52. The fourth-order valence-corrected chi connectivity index (χ4v) is 3.68. The molecule has 0 radical (unpaired) electrons. The van der Waals surface area contributed by atoms with Crippen molar-refractivity contribution < 1.29 is 23.9 Å². The van der Waals surface area contributed by atoms with Crippen LogP contribution < -0.4 is 10.6 Å². The van der Waals surface area contributed by atoms with Crippen molar-refractivity contribution in [1.29, 1.82) is 0 Å². The molecule has 0 saturated heterocycles. The lowest BCUT2D eigenvalue weighted by Gasteiger charge is -2.16. The standard InChI is InChI=1S/C22H23Cl2FN2O4/c1-13(21(31-26)17-6-4-3-5-14(17)11-28)20(27-29-2)18-8-7-16(9-19(18)25)30-12-15-10-22(15,23)24/h3-9,15,28H,10-12,26H2,1-2H3. The van der Waals surface area contributed by atoms with Gasteiger partial charge in [-0.2, -0.15) is 5.90 Å². The van der Waals surface area contributed by atoms with Gasteiger partial charge in [0.05, 0.1) is 13.2 Å². The third-order valence-corrected chi connectivity index (χ3v) is 5.96. The van der Waals surface area contributed by atoms with Crippen LogP contribution in [0.1, 0.15) is 30.0 Å². The molecule has 0 heterocycles. The van der Waals surface area contributed by atoms with Crippen molar-refractivity contribution in [3.63, 3.8) is 0 Å². The van der Waals surface area contributed by atoms with E-state index in [1.54, 1.807) is 37.3 Å². The maximum Gasteiger partial charge on any atom is 0.159 e. The summed E-state index contributed by atoms with van der Waals surface area (Å²) in [7, 11) is 1.35. The first-order valence-corrected chi connectivity index (χ1v) is 10.3. The van der Waals surface area contributed by atoms with E-state index in [1.165, 1.54) is 19.2 Å². The first-order valence-electron chi connectivity index (χ1n) is 9.51. The summed E-state index contributed by atoms with van der Waals surface area (Å²) < 4.78 is 19.8. The second-order valence-electron chi connectivity index (χ2n) is 7.12. The average Bonchev–Trinajstić information content (AvgIpc) is 3.38. The van der Waals surface area contributed by atoms with Gasteiger partial charge in [0.2, 0.25) is 0 Å². The van der Waals surface area contributed by atoms with Crippen molar-refractivity contribution in [3.8, 4) is 5.75 Å². The van der Waals surface area contributed by atoms with Gasteiger partial charge in [0.1, 0.15) is 28.7 Å². The summed E-state index contributed by atoms with van der Waals surface area (Å²) in [4.78, 5) is 10.0. The Morgan fingerprint density at radius 1 is 1.26 bits per heavy atom. The van der Waals surface area contributed by atoms with Gasteiger partial charge in [-0.05, 0) is 31.0 Å². The molecule has 6 nitrogen and oxygen atoms in total. The number of nitrogens with zero attached hydrogens (tertiary/aromatic N) is 1. The van der Waals surface area contributed by atoms with E-state index in [9.17, 15) is 9.50 Å². The molecular weight excluding hydrogens is 446 g/mol. The first-order chi connectivity index (χ1) is 14.8. The van der Waals surface area contributed by atoms with E-state index in [0.717, 1.165) is 0 Å². The highest BCUT2D eigenvalue weighted by Crippen LogP contribution is 2.53. The van der Waals surface area contributed by atoms with Crippen molar-refractivity contribution in [2.45, 2.75) is 24.3 Å². The van der Waals surface area contributed by atoms with Gasteiger partial charge in [-0.15, -0.1) is 23.2 Å². The smallest absolute Gasteiger partial charge is 0.159 e. The molecule has 0 bridgehead atoms. The van der Waals surface area contributed by atoms with Crippen molar-refractivity contribution >= 4 is 34.7 Å². The minimum absolute atomic E-state index is 0.0187. The predicted molar refractivity (Wildman–Crippen MR) is 118 cm³/mol. The van der Waals surface area contributed by atoms with Gasteiger partial charge in [-0.25, -0.2) is 4.39 Å². The molecule has 0 aromatic heterocycles. The molecule has 2 aromatic rings. The number of aliphatic hydroxyl groups is 1. The highest BCUT2D eigenvalue weighted by atomic mass is 35.5. The van der Waals surface area contributed by atoms with Gasteiger partial charge in [0, 0.05) is 28.7 Å². The monoisotopic (exact) mass is 468 g/mol. The number of aliphatic hydroxyl groups excluding tert-OH is 1. The molecule has 2 aromatic carbocycles. The van der Waals surface area contributed by atoms with Gasteiger partial charge in [-0.3, -0.25) is 0 Å². The molecule has 9 heteroatoms. The van der Waals surface area contributed by atoms with E-state index in [4.69, 9.17) is 43.5 Å². The molecule has 31 heavy (non-hydrogen) atoms. The molecule has 0 amide bonds. The Labute approximate surface area is 189 Å². The molecule has 1 atom stereocenters. The Morgan fingerprint density at radius 2 is 1.97 bits per heavy atom. The van der Waals surface area contributed by atoms with Crippen LogP contribution in [0.15, 0.2) is 53.2 Å². The normalized spacial score (nSPS) is 18.3. The van der Waals surface area contributed by atoms with Crippen molar-refractivity contribution in [3.05, 3.63) is 70.5 Å². The van der Waals surface area contributed by atoms with Crippen LogP contribution in [-0.4, -0.2) is 28.9 Å². The number of rotatable bonds is 9. The summed E-state index contributed by atoms with van der Waals surface area (Å²) in [6, 6.07) is 11.4. The third-order valence-electron chi connectivity index (χ3n) is 5.03. The zero-order valence-corrected chi connectivity index (χ0v) is 18.6. The fourth-order valence-electron chi connectivity index (χ4n) is 3.18. The third kappa shape index (κ3) is 5.30. The molecule has 3 N–H and O–H groups in total. The Morgan fingerprint density at radius 3 is 2.55 bits per heavy atom. The number of benzene rings is 2. The maximum atomic E-state index is 15.0. The number of oxime groups is 1. The van der Waals surface area contributed by atoms with Gasteiger partial charge >= 0.3 is 0 Å². The van der Waals surface area contributed by atoms with Crippen molar-refractivity contribution in [2.75, 3.05) is 13.7 Å². The van der Waals surface area contributed by atoms with Crippen LogP contribution in [-0.2, 0) is 16.3 Å². The fraction of sp³-hybridized carbons (Fsp3) is 0.318. The molecule has 0 aliphatic heterocycles. The molecule has 166 valence electrons. The molecule has 0 spiro atoms. The summed E-state index contributed by atoms with van der Waals surface area (Å²) in [5.74, 6) is 5.55. The molecule has 1 aliphatic carbocycles. The number of hydrogen-bond donors (Lipinski definition) is 2. The lowest BCUT2D eigenvalue weighted by Crippen LogP contribution is -2.13. The van der Waals surface area contributed by atoms with Gasteiger partial charge < -0.3 is 19.5 Å². The predicted octanol–water partition coefficient (Wildman–Crippen LogP) is 4.56. The zero-order chi connectivity index (χ0) is 22.6. The van der Waals surface area contributed by atoms with Crippen molar-refractivity contribution in [2.24, 2.45) is 17.0 Å². The van der Waals surface area contributed by atoms with E-state index in [2.05, 4.69) is 5.16 Å². The second-order valence-corrected chi connectivity index (χ2v) is 8.67. The molecule has 1 saturated carbocycles. The number of alkyl halides is 2. The average molecular weight is 469 g/mol. The van der Waals surface area contributed by atoms with Gasteiger partial charge in [0.25, 0.3) is 0 Å². The van der Waals surface area contributed by atoms with Crippen LogP contribution in [0.25, 0.3) is 5.76 Å². The Bertz CT molecular complexity index is 1010. The summed E-state index contributed by atoms with van der Waals surface area (Å²) in [6.07, 6.45) is 0.641. The molecule has 1 unspecified atom stereocenters. The van der Waals surface area contributed by atoms with E-state index in [1.807, 2.05) is 0 Å². The number of ether oxygens (including phenoxy) is 1. The Kier molecular flexibility index (Phi) is 7.43. The number of halogens is 3. The summed E-state index contributed by atoms with van der Waals surface area (Å²) >= 11 is 12.0. The second kappa shape index (κ2) is 9.87. The SMILES string of the molecule is CON=C(C(C)=C(ON)c1ccccc1CO)c1ccc(OCC2CC2(Cl)Cl)cc1F. The van der Waals surface area contributed by atoms with E-state index in [0.29, 0.717) is 35.5 Å². The number of nitrogens with two attached hydrogens (primary N) is 1. The molecule has 1 aliphatic rings. The molecule has 3 rings (SSSR count). The lowest BCUT2D eigenvalue weighted by molar-refractivity contribution is 0.213. The Hall–Kier alpha value is -2.32. The minimum atomic E-state index is -0.762. The summed E-state index contributed by atoms with van der Waals surface area (Å²) in [5.41, 5.74) is 1.92. The van der Waals surface area contributed by atoms with E-state index >= 15 is 0 Å². The van der Waals surface area contributed by atoms with Gasteiger partial charge in [0.15, 0.2) is 5.76 Å². The molecular formula is C22H23Cl2FN2O4. The summed E-state index contributed by atoms with van der Waals surface area (Å²) in [5, 5.41) is 13.6. The minimum Gasteiger partial charge on any atom is -0.493 e. The zero-order valence-electron chi connectivity index (χ0n) is 17.1. The van der Waals surface area contributed by atoms with E-state index in [-0.39, 0.29) is 29.6 Å².